The minimum absolute atomic E-state index is 0. The molecule has 5 heteroatoms. The van der Waals surface area contributed by atoms with Crippen molar-refractivity contribution in [3.05, 3.63) is 70.5 Å². The van der Waals surface area contributed by atoms with Crippen molar-refractivity contribution in [2.24, 2.45) is 0 Å². The van der Waals surface area contributed by atoms with Crippen LogP contribution in [0.2, 0.25) is 5.02 Å². The molecule has 0 unspecified atom stereocenters. The Labute approximate surface area is 165 Å². The molecular weight excluding hydrogens is 372 g/mol. The van der Waals surface area contributed by atoms with E-state index >= 15 is 0 Å². The molecule has 0 saturated carbocycles. The van der Waals surface area contributed by atoms with E-state index in [9.17, 15) is 9.18 Å². The molecule has 0 aliphatic carbocycles. The van der Waals surface area contributed by atoms with Crippen molar-refractivity contribution in [2.45, 2.75) is 31.6 Å². The summed E-state index contributed by atoms with van der Waals surface area (Å²) >= 11 is 5.95. The van der Waals surface area contributed by atoms with Gasteiger partial charge in [-0.15, -0.1) is 12.4 Å². The van der Waals surface area contributed by atoms with Crippen molar-refractivity contribution in [2.75, 3.05) is 19.6 Å². The lowest BCUT2D eigenvalue weighted by Gasteiger charge is -2.32. The van der Waals surface area contributed by atoms with Gasteiger partial charge in [0.2, 0.25) is 0 Å². The highest BCUT2D eigenvalue weighted by molar-refractivity contribution is 6.30. The van der Waals surface area contributed by atoms with E-state index in [2.05, 4.69) is 17.0 Å². The summed E-state index contributed by atoms with van der Waals surface area (Å²) in [5, 5.41) is 0.784. The minimum atomic E-state index is -0.305. The Kier molecular flexibility index (Phi) is 8.08. The number of carbonyl (C=O) groups excluding carboxylic acids is 1. The molecule has 2 aromatic carbocycles. The number of hydrogen-bond donors (Lipinski definition) is 0. The molecule has 0 aromatic heterocycles. The van der Waals surface area contributed by atoms with Crippen molar-refractivity contribution in [1.29, 1.82) is 0 Å². The average Bonchev–Trinajstić information content (AvgIpc) is 2.63. The number of Topliss-reactive ketones (excluding diaryl/α,β-unsaturated/α-hetero) is 1. The maximum Gasteiger partial charge on any atom is 0.162 e. The third-order valence-corrected chi connectivity index (χ3v) is 5.23. The van der Waals surface area contributed by atoms with Crippen LogP contribution in [0, 0.1) is 5.82 Å². The first kappa shape index (κ1) is 20.9. The van der Waals surface area contributed by atoms with Crippen LogP contribution in [0.4, 0.5) is 4.39 Å². The van der Waals surface area contributed by atoms with E-state index in [0.717, 1.165) is 43.9 Å². The van der Waals surface area contributed by atoms with Crippen LogP contribution in [0.3, 0.4) is 0 Å². The molecule has 2 nitrogen and oxygen atoms in total. The fraction of sp³-hybridized carbons (Fsp3) is 0.381. The molecule has 0 radical (unpaired) electrons. The number of ketones is 1. The summed E-state index contributed by atoms with van der Waals surface area (Å²) in [7, 11) is 0. The summed E-state index contributed by atoms with van der Waals surface area (Å²) in [5.41, 5.74) is 1.97. The van der Waals surface area contributed by atoms with E-state index < -0.39 is 0 Å². The first-order chi connectivity index (χ1) is 12.1. The smallest absolute Gasteiger partial charge is 0.162 e. The second kappa shape index (κ2) is 10.1. The summed E-state index contributed by atoms with van der Waals surface area (Å²) in [5.74, 6) is 0.394. The monoisotopic (exact) mass is 395 g/mol. The maximum absolute atomic E-state index is 12.9. The quantitative estimate of drug-likeness (QED) is 0.580. The van der Waals surface area contributed by atoms with Crippen LogP contribution in [0.1, 0.15) is 47.5 Å². The van der Waals surface area contributed by atoms with Crippen molar-refractivity contribution in [1.82, 2.24) is 4.90 Å². The molecule has 1 fully saturated rings. The fourth-order valence-electron chi connectivity index (χ4n) is 3.47. The van der Waals surface area contributed by atoms with Gasteiger partial charge in [-0.25, -0.2) is 4.39 Å². The summed E-state index contributed by atoms with van der Waals surface area (Å²) in [4.78, 5) is 14.5. The van der Waals surface area contributed by atoms with Gasteiger partial charge in [-0.3, -0.25) is 4.79 Å². The highest BCUT2D eigenvalue weighted by Crippen LogP contribution is 2.28. The van der Waals surface area contributed by atoms with Gasteiger partial charge in [0, 0.05) is 17.0 Å². The van der Waals surface area contributed by atoms with Crippen LogP contribution in [-0.4, -0.2) is 30.3 Å². The molecule has 1 aliphatic heterocycles. The predicted molar refractivity (Wildman–Crippen MR) is 107 cm³/mol. The van der Waals surface area contributed by atoms with Gasteiger partial charge in [-0.05, 0) is 86.8 Å². The molecule has 3 rings (SSSR count). The largest absolute Gasteiger partial charge is 0.303 e. The van der Waals surface area contributed by atoms with Gasteiger partial charge in [-0.2, -0.15) is 0 Å². The minimum Gasteiger partial charge on any atom is -0.303 e. The van der Waals surface area contributed by atoms with Crippen LogP contribution in [0.5, 0.6) is 0 Å². The molecule has 0 spiro atoms. The zero-order valence-corrected chi connectivity index (χ0v) is 16.2. The van der Waals surface area contributed by atoms with Gasteiger partial charge in [-0.1, -0.05) is 23.7 Å². The SMILES string of the molecule is Cl.O=C(CCCN1CCC(c2ccc(Cl)cc2)CC1)c1ccc(F)cc1. The number of carbonyl (C=O) groups is 1. The van der Waals surface area contributed by atoms with Gasteiger partial charge < -0.3 is 4.90 Å². The molecule has 1 aliphatic rings. The Morgan fingerprint density at radius 3 is 2.27 bits per heavy atom. The zero-order valence-electron chi connectivity index (χ0n) is 14.7. The lowest BCUT2D eigenvalue weighted by atomic mass is 9.89. The lowest BCUT2D eigenvalue weighted by Crippen LogP contribution is -2.33. The molecule has 1 heterocycles. The summed E-state index contributed by atoms with van der Waals surface area (Å²) in [6.07, 6.45) is 3.66. The second-order valence-corrected chi connectivity index (χ2v) is 7.14. The maximum atomic E-state index is 12.9. The molecule has 140 valence electrons. The molecule has 0 amide bonds. The number of rotatable bonds is 6. The Bertz CT molecular complexity index is 695. The van der Waals surface area contributed by atoms with E-state index in [1.165, 1.54) is 17.7 Å². The number of nitrogens with zero attached hydrogens (tertiary/aromatic N) is 1. The normalized spacial score (nSPS) is 15.5. The Balaban J connectivity index is 0.00000243. The van der Waals surface area contributed by atoms with Gasteiger partial charge in [0.15, 0.2) is 5.78 Å². The van der Waals surface area contributed by atoms with Crippen LogP contribution in [0.25, 0.3) is 0 Å². The van der Waals surface area contributed by atoms with Crippen LogP contribution in [-0.2, 0) is 0 Å². The number of hydrogen-bond acceptors (Lipinski definition) is 2. The Hall–Kier alpha value is -1.42. The summed E-state index contributed by atoms with van der Waals surface area (Å²) < 4.78 is 12.9. The molecule has 26 heavy (non-hydrogen) atoms. The number of likely N-dealkylation sites (tertiary alicyclic amines) is 1. The third-order valence-electron chi connectivity index (χ3n) is 4.97. The van der Waals surface area contributed by atoms with E-state index in [1.807, 2.05) is 12.1 Å². The van der Waals surface area contributed by atoms with Gasteiger partial charge in [0.1, 0.15) is 5.82 Å². The van der Waals surface area contributed by atoms with E-state index in [-0.39, 0.29) is 24.0 Å². The highest BCUT2D eigenvalue weighted by Gasteiger charge is 2.20. The zero-order chi connectivity index (χ0) is 17.6. The van der Waals surface area contributed by atoms with Crippen LogP contribution in [0.15, 0.2) is 48.5 Å². The first-order valence-corrected chi connectivity index (χ1v) is 9.26. The molecule has 2 aromatic rings. The first-order valence-electron chi connectivity index (χ1n) is 8.88. The topological polar surface area (TPSA) is 20.3 Å². The molecule has 1 saturated heterocycles. The van der Waals surface area contributed by atoms with Crippen molar-refractivity contribution < 1.29 is 9.18 Å². The fourth-order valence-corrected chi connectivity index (χ4v) is 3.59. The van der Waals surface area contributed by atoms with Gasteiger partial charge in [0.05, 0.1) is 0 Å². The predicted octanol–water partition coefficient (Wildman–Crippen LogP) is 5.74. The van der Waals surface area contributed by atoms with Crippen molar-refractivity contribution in [3.63, 3.8) is 0 Å². The van der Waals surface area contributed by atoms with Gasteiger partial charge in [0.25, 0.3) is 0 Å². The lowest BCUT2D eigenvalue weighted by molar-refractivity contribution is 0.0972. The van der Waals surface area contributed by atoms with E-state index in [4.69, 9.17) is 11.6 Å². The van der Waals surface area contributed by atoms with E-state index in [0.29, 0.717) is 17.9 Å². The highest BCUT2D eigenvalue weighted by atomic mass is 35.5. The van der Waals surface area contributed by atoms with Crippen LogP contribution < -0.4 is 0 Å². The average molecular weight is 396 g/mol. The molecular formula is C21H24Cl2FNO. The second-order valence-electron chi connectivity index (χ2n) is 6.70. The number of piperidine rings is 1. The van der Waals surface area contributed by atoms with E-state index in [1.54, 1.807) is 12.1 Å². The van der Waals surface area contributed by atoms with Crippen molar-refractivity contribution >= 4 is 29.8 Å². The summed E-state index contributed by atoms with van der Waals surface area (Å²) in [6, 6.07) is 14.0. The molecule has 0 atom stereocenters. The van der Waals surface area contributed by atoms with Gasteiger partial charge >= 0.3 is 0 Å². The number of benzene rings is 2. The Morgan fingerprint density at radius 2 is 1.65 bits per heavy atom. The summed E-state index contributed by atoms with van der Waals surface area (Å²) in [6.45, 7) is 3.08. The standard InChI is InChI=1S/C21H23ClFNO.ClH/c22-19-7-3-16(4-8-19)17-11-14-24(15-12-17)13-1-2-21(25)18-5-9-20(23)10-6-18;/h3-10,17H,1-2,11-15H2;1H. The third kappa shape index (κ3) is 5.80. The molecule has 0 bridgehead atoms. The number of halogens is 3. The Morgan fingerprint density at radius 1 is 1.04 bits per heavy atom. The van der Waals surface area contributed by atoms with Crippen LogP contribution >= 0.6 is 24.0 Å². The van der Waals surface area contributed by atoms with Crippen molar-refractivity contribution in [3.8, 4) is 0 Å². The molecule has 0 N–H and O–H groups in total.